The number of rotatable bonds is 6. The quantitative estimate of drug-likeness (QED) is 0.595. The number of carbonyl (C=O) groups is 1. The fourth-order valence-electron chi connectivity index (χ4n) is 4.88. The zero-order valence-corrected chi connectivity index (χ0v) is 17.4. The summed E-state index contributed by atoms with van der Waals surface area (Å²) in [5.74, 6) is 0.628. The van der Waals surface area contributed by atoms with Crippen LogP contribution < -0.4 is 11.1 Å². The Hall–Kier alpha value is -3.26. The highest BCUT2D eigenvalue weighted by Crippen LogP contribution is 2.37. The van der Waals surface area contributed by atoms with Gasteiger partial charge >= 0.3 is 0 Å². The van der Waals surface area contributed by atoms with Crippen molar-refractivity contribution < 1.29 is 4.79 Å². The Morgan fingerprint density at radius 2 is 2.19 bits per heavy atom. The Labute approximate surface area is 181 Å². The number of nitrogens with zero attached hydrogens (tertiary/aromatic N) is 5. The molecule has 2 aromatic heterocycles. The van der Waals surface area contributed by atoms with Crippen LogP contribution in [0.15, 0.2) is 55.0 Å². The molecule has 1 amide bonds. The molecule has 3 fully saturated rings. The molecule has 3 N–H and O–H groups in total. The summed E-state index contributed by atoms with van der Waals surface area (Å²) < 4.78 is 1.92. The van der Waals surface area contributed by atoms with Gasteiger partial charge in [-0.1, -0.05) is 23.4 Å². The van der Waals surface area contributed by atoms with Gasteiger partial charge in [-0.15, -0.1) is 5.10 Å². The van der Waals surface area contributed by atoms with Crippen molar-refractivity contribution >= 4 is 11.6 Å². The Balaban J connectivity index is 1.19. The lowest BCUT2D eigenvalue weighted by molar-refractivity contribution is -0.133. The van der Waals surface area contributed by atoms with Gasteiger partial charge in [0, 0.05) is 42.8 Å². The summed E-state index contributed by atoms with van der Waals surface area (Å²) in [5, 5.41) is 11.8. The third-order valence-corrected chi connectivity index (χ3v) is 6.52. The molecule has 2 bridgehead atoms. The average Bonchev–Trinajstić information content (AvgIpc) is 3.27. The molecular weight excluding hydrogens is 390 g/mol. The minimum absolute atomic E-state index is 0.0558. The lowest BCUT2D eigenvalue weighted by Crippen LogP contribution is -2.58. The number of anilines is 1. The van der Waals surface area contributed by atoms with E-state index in [0.29, 0.717) is 18.5 Å². The summed E-state index contributed by atoms with van der Waals surface area (Å²) in [4.78, 5) is 19.4. The van der Waals surface area contributed by atoms with E-state index in [1.54, 1.807) is 12.4 Å². The molecule has 3 aromatic rings. The normalized spacial score (nSPS) is 24.8. The summed E-state index contributed by atoms with van der Waals surface area (Å²) >= 11 is 0. The summed E-state index contributed by atoms with van der Waals surface area (Å²) in [6.45, 7) is 3.17. The summed E-state index contributed by atoms with van der Waals surface area (Å²) in [7, 11) is 0. The second-order valence-electron chi connectivity index (χ2n) is 8.57. The maximum Gasteiger partial charge on any atom is 0.224 e. The van der Waals surface area contributed by atoms with Crippen LogP contribution in [-0.2, 0) is 17.9 Å². The van der Waals surface area contributed by atoms with Gasteiger partial charge in [0.25, 0.3) is 0 Å². The van der Waals surface area contributed by atoms with Gasteiger partial charge in [-0.25, -0.2) is 0 Å². The fourth-order valence-corrected chi connectivity index (χ4v) is 4.88. The Morgan fingerprint density at radius 3 is 2.97 bits per heavy atom. The minimum Gasteiger partial charge on any atom is -0.399 e. The molecule has 0 saturated carbocycles. The molecule has 0 aliphatic carbocycles. The molecule has 3 aliphatic heterocycles. The lowest BCUT2D eigenvalue weighted by atomic mass is 9.75. The second kappa shape index (κ2) is 8.47. The Morgan fingerprint density at radius 1 is 1.26 bits per heavy atom. The summed E-state index contributed by atoms with van der Waals surface area (Å²) in [5.41, 5.74) is 9.43. The first kappa shape index (κ1) is 19.7. The van der Waals surface area contributed by atoms with Crippen molar-refractivity contribution in [2.45, 2.75) is 32.0 Å². The van der Waals surface area contributed by atoms with Crippen molar-refractivity contribution in [2.75, 3.05) is 18.8 Å². The molecule has 160 valence electrons. The molecule has 3 saturated heterocycles. The van der Waals surface area contributed by atoms with Gasteiger partial charge < -0.3 is 11.1 Å². The fraction of sp³-hybridized carbons (Fsp3) is 0.391. The molecule has 6 rings (SSSR count). The number of pyridine rings is 1. The van der Waals surface area contributed by atoms with Gasteiger partial charge in [-0.3, -0.25) is 19.4 Å². The predicted octanol–water partition coefficient (Wildman–Crippen LogP) is 1.95. The number of benzene rings is 1. The minimum atomic E-state index is 0.0558. The van der Waals surface area contributed by atoms with Crippen molar-refractivity contribution in [3.05, 3.63) is 60.6 Å². The highest BCUT2D eigenvalue weighted by atomic mass is 16.1. The number of piperidine rings is 3. The molecular formula is C23H27N7O. The Bertz CT molecular complexity index is 1050. The highest BCUT2D eigenvalue weighted by Gasteiger charge is 2.43. The Kier molecular flexibility index (Phi) is 5.38. The molecule has 3 aliphatic rings. The van der Waals surface area contributed by atoms with Crippen LogP contribution >= 0.6 is 0 Å². The van der Waals surface area contributed by atoms with E-state index in [9.17, 15) is 4.79 Å². The third-order valence-electron chi connectivity index (χ3n) is 6.52. The molecule has 8 heteroatoms. The number of nitrogens with one attached hydrogen (secondary N) is 1. The zero-order valence-electron chi connectivity index (χ0n) is 17.4. The topological polar surface area (TPSA) is 102 Å². The second-order valence-corrected chi connectivity index (χ2v) is 8.57. The van der Waals surface area contributed by atoms with E-state index in [0.717, 1.165) is 55.0 Å². The van der Waals surface area contributed by atoms with Gasteiger partial charge in [-0.2, -0.15) is 0 Å². The van der Waals surface area contributed by atoms with Crippen LogP contribution in [0.1, 0.15) is 18.4 Å². The first-order valence-electron chi connectivity index (χ1n) is 10.8. The molecule has 4 unspecified atom stereocenters. The van der Waals surface area contributed by atoms with Crippen molar-refractivity contribution in [3.8, 4) is 11.3 Å². The van der Waals surface area contributed by atoms with E-state index in [1.807, 2.05) is 47.3 Å². The number of nitrogen functional groups attached to an aromatic ring is 1. The van der Waals surface area contributed by atoms with Gasteiger partial charge in [0.1, 0.15) is 5.69 Å². The molecule has 8 nitrogen and oxygen atoms in total. The van der Waals surface area contributed by atoms with Crippen molar-refractivity contribution in [1.82, 2.24) is 30.2 Å². The summed E-state index contributed by atoms with van der Waals surface area (Å²) in [6, 6.07) is 12.0. The van der Waals surface area contributed by atoms with Crippen molar-refractivity contribution in [1.29, 1.82) is 0 Å². The smallest absolute Gasteiger partial charge is 0.224 e. The van der Waals surface area contributed by atoms with E-state index >= 15 is 0 Å². The number of nitrogens with two attached hydrogens (primary N) is 1. The maximum absolute atomic E-state index is 12.8. The van der Waals surface area contributed by atoms with Crippen LogP contribution in [0.2, 0.25) is 0 Å². The van der Waals surface area contributed by atoms with Crippen LogP contribution in [0.5, 0.6) is 0 Å². The molecule has 0 radical (unpaired) electrons. The molecule has 1 aromatic carbocycles. The van der Waals surface area contributed by atoms with Gasteiger partial charge in [0.15, 0.2) is 0 Å². The van der Waals surface area contributed by atoms with Crippen molar-refractivity contribution in [3.63, 3.8) is 0 Å². The predicted molar refractivity (Wildman–Crippen MR) is 118 cm³/mol. The van der Waals surface area contributed by atoms with E-state index in [-0.39, 0.29) is 11.8 Å². The lowest BCUT2D eigenvalue weighted by Gasteiger charge is -2.49. The number of amides is 1. The standard InChI is InChI=1S/C23H27N7O/c24-19-5-1-4-18(9-19)22-15-30(28-27-22)13-20-10-17-6-8-29(20)14-21(17)23(31)26-12-16-3-2-7-25-11-16/h1-5,7,9,11,15,17,20-21H,6,8,10,12-14,24H2,(H,26,31). The highest BCUT2D eigenvalue weighted by molar-refractivity contribution is 5.79. The summed E-state index contributed by atoms with van der Waals surface area (Å²) in [6.07, 6.45) is 7.61. The van der Waals surface area contributed by atoms with Crippen LogP contribution in [0.25, 0.3) is 11.3 Å². The zero-order chi connectivity index (χ0) is 21.2. The molecule has 31 heavy (non-hydrogen) atoms. The third kappa shape index (κ3) is 4.29. The van der Waals surface area contributed by atoms with E-state index in [2.05, 4.69) is 25.5 Å². The maximum atomic E-state index is 12.8. The molecule has 0 spiro atoms. The van der Waals surface area contributed by atoms with Gasteiger partial charge in [0.05, 0.1) is 18.7 Å². The van der Waals surface area contributed by atoms with Crippen LogP contribution in [0.3, 0.4) is 0 Å². The first-order chi connectivity index (χ1) is 15.2. The monoisotopic (exact) mass is 417 g/mol. The van der Waals surface area contributed by atoms with Crippen LogP contribution in [-0.4, -0.2) is 49.9 Å². The van der Waals surface area contributed by atoms with E-state index in [4.69, 9.17) is 5.73 Å². The number of hydrogen-bond donors (Lipinski definition) is 2. The molecule has 5 heterocycles. The SMILES string of the molecule is Nc1cccc(-c2cn(CC3CC4CCN3CC4C(=O)NCc3cccnc3)nn2)c1. The van der Waals surface area contributed by atoms with Gasteiger partial charge in [-0.05, 0) is 49.1 Å². The average molecular weight is 418 g/mol. The number of hydrogen-bond acceptors (Lipinski definition) is 6. The van der Waals surface area contributed by atoms with Crippen LogP contribution in [0.4, 0.5) is 5.69 Å². The van der Waals surface area contributed by atoms with E-state index < -0.39 is 0 Å². The molecule has 4 atom stereocenters. The van der Waals surface area contributed by atoms with E-state index in [1.165, 1.54) is 0 Å². The first-order valence-corrected chi connectivity index (χ1v) is 10.8. The van der Waals surface area contributed by atoms with Gasteiger partial charge in [0.2, 0.25) is 5.91 Å². The number of fused-ring (bicyclic) bond motifs is 3. The largest absolute Gasteiger partial charge is 0.399 e. The number of carbonyl (C=O) groups excluding carboxylic acids is 1. The van der Waals surface area contributed by atoms with Crippen molar-refractivity contribution in [2.24, 2.45) is 11.8 Å². The number of aromatic nitrogens is 4. The van der Waals surface area contributed by atoms with Crippen LogP contribution in [0, 0.1) is 11.8 Å².